The summed E-state index contributed by atoms with van der Waals surface area (Å²) in [5, 5.41) is 22.0. The minimum absolute atomic E-state index is 0.142. The lowest BCUT2D eigenvalue weighted by atomic mass is 10.1. The Hall–Kier alpha value is -3.75. The Kier molecular flexibility index (Phi) is 6.51. The molecule has 6 nitrogen and oxygen atoms in total. The minimum Gasteiger partial charge on any atom is -0.490 e. The van der Waals surface area contributed by atoms with E-state index in [1.807, 2.05) is 59.2 Å². The molecule has 5 rings (SSSR count). The maximum atomic E-state index is 13.5. The fourth-order valence-electron chi connectivity index (χ4n) is 3.60. The number of rotatable bonds is 8. The molecule has 1 unspecified atom stereocenters. The number of halogens is 1. The normalized spacial score (nSPS) is 12.1. The molecule has 8 heteroatoms. The first-order valence-electron chi connectivity index (χ1n) is 10.7. The van der Waals surface area contributed by atoms with Gasteiger partial charge in [-0.25, -0.2) is 4.39 Å². The van der Waals surface area contributed by atoms with Crippen LogP contribution in [0.15, 0.2) is 96.4 Å². The van der Waals surface area contributed by atoms with Crippen LogP contribution in [-0.2, 0) is 0 Å². The molecule has 3 aromatic carbocycles. The first-order valence-corrected chi connectivity index (χ1v) is 11.7. The van der Waals surface area contributed by atoms with Crippen molar-refractivity contribution in [1.82, 2.24) is 19.7 Å². The van der Waals surface area contributed by atoms with E-state index >= 15 is 0 Å². The quantitative estimate of drug-likeness (QED) is 0.315. The number of thioether (sulfide) groups is 1. The zero-order chi connectivity index (χ0) is 23.3. The molecule has 1 N–H and O–H groups in total. The van der Waals surface area contributed by atoms with E-state index in [0.29, 0.717) is 16.7 Å². The van der Waals surface area contributed by atoms with Gasteiger partial charge in [-0.05, 0) is 47.9 Å². The number of pyridine rings is 1. The predicted octanol–water partition coefficient (Wildman–Crippen LogP) is 5.15. The number of hydrogen-bond acceptors (Lipinski definition) is 6. The summed E-state index contributed by atoms with van der Waals surface area (Å²) < 4.78 is 21.3. The summed E-state index contributed by atoms with van der Waals surface area (Å²) in [6.07, 6.45) is 2.63. The molecule has 0 spiro atoms. The summed E-state index contributed by atoms with van der Waals surface area (Å²) in [4.78, 5) is 4.06. The number of ether oxygens (including phenoxy) is 1. The highest BCUT2D eigenvalue weighted by Crippen LogP contribution is 2.29. The smallest absolute Gasteiger partial charge is 0.196 e. The minimum atomic E-state index is -0.730. The molecule has 0 saturated heterocycles. The van der Waals surface area contributed by atoms with Gasteiger partial charge in [0, 0.05) is 34.8 Å². The number of benzene rings is 3. The molecule has 0 radical (unpaired) electrons. The maximum absolute atomic E-state index is 13.5. The summed E-state index contributed by atoms with van der Waals surface area (Å²) in [5.74, 6) is 1.37. The van der Waals surface area contributed by atoms with E-state index in [-0.39, 0.29) is 12.4 Å². The van der Waals surface area contributed by atoms with Gasteiger partial charge < -0.3 is 9.84 Å². The standard InChI is InChI=1S/C26H21FN4O2S/c27-20-8-10-21(11-9-20)31-25(19-12-14-28-15-13-19)29-30-26(31)34-17-22(32)16-33-24-7-3-5-18-4-1-2-6-23(18)24/h1-15,22,32H,16-17H2. The van der Waals surface area contributed by atoms with Crippen LogP contribution in [0.3, 0.4) is 0 Å². The molecule has 0 aliphatic rings. The fraction of sp³-hybridized carbons (Fsp3) is 0.115. The van der Waals surface area contributed by atoms with Gasteiger partial charge in [-0.3, -0.25) is 9.55 Å². The Morgan fingerprint density at radius 1 is 0.912 bits per heavy atom. The Balaban J connectivity index is 1.33. The molecule has 2 aromatic heterocycles. The van der Waals surface area contributed by atoms with Crippen LogP contribution in [-0.4, -0.2) is 43.3 Å². The highest BCUT2D eigenvalue weighted by atomic mass is 32.2. The van der Waals surface area contributed by atoms with Crippen molar-refractivity contribution < 1.29 is 14.2 Å². The monoisotopic (exact) mass is 472 g/mol. The molecule has 0 bridgehead atoms. The van der Waals surface area contributed by atoms with E-state index < -0.39 is 6.10 Å². The van der Waals surface area contributed by atoms with Crippen LogP contribution in [0.5, 0.6) is 5.75 Å². The van der Waals surface area contributed by atoms with Gasteiger partial charge in [0.15, 0.2) is 11.0 Å². The van der Waals surface area contributed by atoms with Crippen molar-refractivity contribution in [1.29, 1.82) is 0 Å². The fourth-order valence-corrected chi connectivity index (χ4v) is 4.46. The molecule has 34 heavy (non-hydrogen) atoms. The Labute approximate surface area is 200 Å². The van der Waals surface area contributed by atoms with Crippen LogP contribution < -0.4 is 4.74 Å². The van der Waals surface area contributed by atoms with E-state index in [1.165, 1.54) is 23.9 Å². The summed E-state index contributed by atoms with van der Waals surface area (Å²) in [7, 11) is 0. The summed E-state index contributed by atoms with van der Waals surface area (Å²) >= 11 is 1.36. The lowest BCUT2D eigenvalue weighted by Gasteiger charge is -2.14. The van der Waals surface area contributed by atoms with Gasteiger partial charge in [0.05, 0.1) is 6.10 Å². The second kappa shape index (κ2) is 10.0. The number of aliphatic hydroxyl groups excluding tert-OH is 1. The zero-order valence-corrected chi connectivity index (χ0v) is 18.9. The number of aliphatic hydroxyl groups is 1. The number of hydrogen-bond donors (Lipinski definition) is 1. The third kappa shape index (κ3) is 4.78. The molecule has 0 aliphatic heterocycles. The van der Waals surface area contributed by atoms with E-state index in [0.717, 1.165) is 27.8 Å². The van der Waals surface area contributed by atoms with E-state index in [9.17, 15) is 9.50 Å². The Bertz CT molecular complexity index is 1390. The van der Waals surface area contributed by atoms with Crippen LogP contribution >= 0.6 is 11.8 Å². The van der Waals surface area contributed by atoms with Crippen molar-refractivity contribution in [3.05, 3.63) is 97.1 Å². The van der Waals surface area contributed by atoms with Crippen LogP contribution in [0, 0.1) is 5.82 Å². The van der Waals surface area contributed by atoms with Gasteiger partial charge in [0.2, 0.25) is 0 Å². The van der Waals surface area contributed by atoms with E-state index in [1.54, 1.807) is 24.5 Å². The first kappa shape index (κ1) is 22.1. The van der Waals surface area contributed by atoms with Gasteiger partial charge in [-0.2, -0.15) is 0 Å². The summed E-state index contributed by atoms with van der Waals surface area (Å²) in [6.45, 7) is 0.142. The highest BCUT2D eigenvalue weighted by molar-refractivity contribution is 7.99. The number of nitrogens with zero attached hydrogens (tertiary/aromatic N) is 4. The van der Waals surface area contributed by atoms with Crippen LogP contribution in [0.2, 0.25) is 0 Å². The largest absolute Gasteiger partial charge is 0.490 e. The topological polar surface area (TPSA) is 73.1 Å². The van der Waals surface area contributed by atoms with Crippen molar-refractivity contribution in [3.63, 3.8) is 0 Å². The van der Waals surface area contributed by atoms with Crippen LogP contribution in [0.25, 0.3) is 27.8 Å². The highest BCUT2D eigenvalue weighted by Gasteiger charge is 2.18. The second-order valence-corrected chi connectivity index (χ2v) is 8.59. The molecule has 5 aromatic rings. The average molecular weight is 473 g/mol. The molecule has 170 valence electrons. The number of aromatic nitrogens is 4. The molecule has 1 atom stereocenters. The third-order valence-electron chi connectivity index (χ3n) is 5.24. The molecule has 0 amide bonds. The first-order chi connectivity index (χ1) is 16.7. The molecule has 2 heterocycles. The van der Waals surface area contributed by atoms with Crippen LogP contribution in [0.1, 0.15) is 0 Å². The Morgan fingerprint density at radius 2 is 1.68 bits per heavy atom. The van der Waals surface area contributed by atoms with Gasteiger partial charge in [0.25, 0.3) is 0 Å². The van der Waals surface area contributed by atoms with Crippen molar-refractivity contribution in [3.8, 4) is 22.8 Å². The zero-order valence-electron chi connectivity index (χ0n) is 18.1. The maximum Gasteiger partial charge on any atom is 0.196 e. The molecular formula is C26H21FN4O2S. The lowest BCUT2D eigenvalue weighted by Crippen LogP contribution is -2.20. The molecule has 0 saturated carbocycles. The van der Waals surface area contributed by atoms with Crippen molar-refractivity contribution >= 4 is 22.5 Å². The van der Waals surface area contributed by atoms with Crippen LogP contribution in [0.4, 0.5) is 4.39 Å². The van der Waals surface area contributed by atoms with Gasteiger partial charge in [0.1, 0.15) is 18.2 Å². The predicted molar refractivity (Wildman–Crippen MR) is 131 cm³/mol. The SMILES string of the molecule is OC(COc1cccc2ccccc12)CSc1nnc(-c2ccncc2)n1-c1ccc(F)cc1. The second-order valence-electron chi connectivity index (χ2n) is 7.61. The van der Waals surface area contributed by atoms with Crippen molar-refractivity contribution in [2.45, 2.75) is 11.3 Å². The Morgan fingerprint density at radius 3 is 2.50 bits per heavy atom. The van der Waals surface area contributed by atoms with Gasteiger partial charge in [-0.1, -0.05) is 48.2 Å². The van der Waals surface area contributed by atoms with Gasteiger partial charge in [-0.15, -0.1) is 10.2 Å². The van der Waals surface area contributed by atoms with Crippen molar-refractivity contribution in [2.24, 2.45) is 0 Å². The molecular weight excluding hydrogens is 451 g/mol. The summed E-state index contributed by atoms with van der Waals surface area (Å²) in [6, 6.07) is 23.6. The number of fused-ring (bicyclic) bond motifs is 1. The third-order valence-corrected chi connectivity index (χ3v) is 6.32. The molecule has 0 fully saturated rings. The van der Waals surface area contributed by atoms with Crippen molar-refractivity contribution in [2.75, 3.05) is 12.4 Å². The lowest BCUT2D eigenvalue weighted by molar-refractivity contribution is 0.127. The van der Waals surface area contributed by atoms with Gasteiger partial charge >= 0.3 is 0 Å². The van der Waals surface area contributed by atoms with E-state index in [4.69, 9.17) is 4.74 Å². The van der Waals surface area contributed by atoms with E-state index in [2.05, 4.69) is 15.2 Å². The summed E-state index contributed by atoms with van der Waals surface area (Å²) in [5.41, 5.74) is 1.56. The average Bonchev–Trinajstić information content (AvgIpc) is 3.31. The molecule has 0 aliphatic carbocycles.